The van der Waals surface area contributed by atoms with Gasteiger partial charge in [-0.05, 0) is 24.1 Å². The van der Waals surface area contributed by atoms with Crippen molar-refractivity contribution in [1.29, 1.82) is 0 Å². The number of ether oxygens (including phenoxy) is 1. The third-order valence-electron chi connectivity index (χ3n) is 2.47. The van der Waals surface area contributed by atoms with Crippen molar-refractivity contribution in [3.05, 3.63) is 35.1 Å². The first-order chi connectivity index (χ1) is 9.78. The van der Waals surface area contributed by atoms with Crippen molar-refractivity contribution in [1.82, 2.24) is 10.6 Å². The number of carbonyl (C=O) groups is 1. The fourth-order valence-electron chi connectivity index (χ4n) is 1.49. The van der Waals surface area contributed by atoms with Gasteiger partial charge in [0.1, 0.15) is 12.4 Å². The van der Waals surface area contributed by atoms with Gasteiger partial charge in [-0.3, -0.25) is 0 Å². The zero-order valence-electron chi connectivity index (χ0n) is 11.4. The van der Waals surface area contributed by atoms with Gasteiger partial charge in [-0.15, -0.1) is 0 Å². The summed E-state index contributed by atoms with van der Waals surface area (Å²) in [5, 5.41) is 4.85. The van der Waals surface area contributed by atoms with Crippen molar-refractivity contribution in [3.63, 3.8) is 0 Å². The van der Waals surface area contributed by atoms with Crippen molar-refractivity contribution in [2.45, 2.75) is 19.6 Å². The number of halogens is 4. The van der Waals surface area contributed by atoms with Crippen LogP contribution in [0, 0.1) is 12.7 Å². The normalized spacial score (nSPS) is 11.3. The minimum absolute atomic E-state index is 0.0373. The molecule has 0 fully saturated rings. The molecule has 2 amide bonds. The van der Waals surface area contributed by atoms with E-state index in [0.29, 0.717) is 5.56 Å². The highest BCUT2D eigenvalue weighted by molar-refractivity contribution is 5.73. The zero-order valence-corrected chi connectivity index (χ0v) is 11.4. The Morgan fingerprint density at radius 3 is 2.62 bits per heavy atom. The lowest BCUT2D eigenvalue weighted by molar-refractivity contribution is -0.173. The first-order valence-electron chi connectivity index (χ1n) is 6.19. The predicted octanol–water partition coefficient (Wildman–Crippen LogP) is 2.51. The van der Waals surface area contributed by atoms with Crippen LogP contribution in [0.25, 0.3) is 0 Å². The van der Waals surface area contributed by atoms with Crippen molar-refractivity contribution in [3.8, 4) is 0 Å². The van der Waals surface area contributed by atoms with Gasteiger partial charge in [0.15, 0.2) is 0 Å². The lowest BCUT2D eigenvalue weighted by Crippen LogP contribution is -2.37. The summed E-state index contributed by atoms with van der Waals surface area (Å²) in [7, 11) is 0. The summed E-state index contributed by atoms with van der Waals surface area (Å²) in [6.07, 6.45) is -4.37. The molecule has 1 rings (SSSR count). The zero-order chi connectivity index (χ0) is 15.9. The second-order valence-electron chi connectivity index (χ2n) is 4.36. The summed E-state index contributed by atoms with van der Waals surface area (Å²) in [5.41, 5.74) is 1.19. The van der Waals surface area contributed by atoms with E-state index in [1.807, 2.05) is 0 Å². The van der Waals surface area contributed by atoms with Gasteiger partial charge in [0, 0.05) is 13.1 Å². The average molecular weight is 308 g/mol. The largest absolute Gasteiger partial charge is 0.411 e. The average Bonchev–Trinajstić information content (AvgIpc) is 2.38. The predicted molar refractivity (Wildman–Crippen MR) is 68.2 cm³/mol. The molecule has 0 atom stereocenters. The summed E-state index contributed by atoms with van der Waals surface area (Å²) < 4.78 is 52.6. The van der Waals surface area contributed by atoms with E-state index >= 15 is 0 Å². The van der Waals surface area contributed by atoms with Crippen LogP contribution in [0.4, 0.5) is 22.4 Å². The fraction of sp³-hybridized carbons (Fsp3) is 0.462. The Hall–Kier alpha value is -1.83. The summed E-state index contributed by atoms with van der Waals surface area (Å²) in [6.45, 7) is 0.186. The molecule has 0 unspecified atom stereocenters. The maximum Gasteiger partial charge on any atom is 0.411 e. The standard InChI is InChI=1S/C13H16F4N2O2/c1-9-6-10(2-3-11(9)14)7-19-12(20)18-4-5-21-8-13(15,16)17/h2-3,6H,4-5,7-8H2,1H3,(H2,18,19,20). The summed E-state index contributed by atoms with van der Waals surface area (Å²) in [6, 6.07) is 3.90. The number of benzene rings is 1. The van der Waals surface area contributed by atoms with Gasteiger partial charge in [0.25, 0.3) is 0 Å². The van der Waals surface area contributed by atoms with Gasteiger partial charge in [-0.25, -0.2) is 9.18 Å². The third kappa shape index (κ3) is 7.50. The number of amides is 2. The van der Waals surface area contributed by atoms with Crippen LogP contribution in [0.3, 0.4) is 0 Å². The number of nitrogens with one attached hydrogen (secondary N) is 2. The first kappa shape index (κ1) is 17.2. The molecule has 21 heavy (non-hydrogen) atoms. The van der Waals surface area contributed by atoms with Gasteiger partial charge in [-0.1, -0.05) is 12.1 Å². The van der Waals surface area contributed by atoms with Crippen molar-refractivity contribution < 1.29 is 27.1 Å². The minimum atomic E-state index is -4.37. The van der Waals surface area contributed by atoms with Crippen LogP contribution in [0.15, 0.2) is 18.2 Å². The molecule has 0 aliphatic rings. The molecule has 2 N–H and O–H groups in total. The van der Waals surface area contributed by atoms with Gasteiger partial charge >= 0.3 is 12.2 Å². The number of hydrogen-bond acceptors (Lipinski definition) is 2. The molecule has 0 spiro atoms. The fourth-order valence-corrected chi connectivity index (χ4v) is 1.49. The molecule has 0 saturated carbocycles. The number of hydrogen-bond donors (Lipinski definition) is 2. The monoisotopic (exact) mass is 308 g/mol. The number of rotatable bonds is 6. The highest BCUT2D eigenvalue weighted by Crippen LogP contribution is 2.13. The van der Waals surface area contributed by atoms with Crippen LogP contribution in [-0.4, -0.2) is 32.0 Å². The molecule has 1 aromatic rings. The molecule has 0 aliphatic heterocycles. The van der Waals surface area contributed by atoms with Crippen LogP contribution in [0.5, 0.6) is 0 Å². The van der Waals surface area contributed by atoms with Crippen LogP contribution in [0.2, 0.25) is 0 Å². The number of alkyl halides is 3. The highest BCUT2D eigenvalue weighted by Gasteiger charge is 2.27. The van der Waals surface area contributed by atoms with Crippen LogP contribution in [0.1, 0.15) is 11.1 Å². The van der Waals surface area contributed by atoms with E-state index in [9.17, 15) is 22.4 Å². The Kier molecular flexibility index (Phi) is 6.41. The second kappa shape index (κ2) is 7.82. The lowest BCUT2D eigenvalue weighted by atomic mass is 10.1. The van der Waals surface area contributed by atoms with Crippen LogP contribution >= 0.6 is 0 Å². The molecule has 0 bridgehead atoms. The van der Waals surface area contributed by atoms with Gasteiger partial charge in [0.05, 0.1) is 6.61 Å². The van der Waals surface area contributed by atoms with Crippen molar-refractivity contribution >= 4 is 6.03 Å². The van der Waals surface area contributed by atoms with E-state index < -0.39 is 18.8 Å². The molecule has 4 nitrogen and oxygen atoms in total. The van der Waals surface area contributed by atoms with E-state index in [1.54, 1.807) is 13.0 Å². The molecule has 0 heterocycles. The summed E-state index contributed by atoms with van der Waals surface area (Å²) in [5.74, 6) is -0.329. The van der Waals surface area contributed by atoms with Gasteiger partial charge in [-0.2, -0.15) is 13.2 Å². The van der Waals surface area contributed by atoms with E-state index in [1.165, 1.54) is 12.1 Å². The first-order valence-corrected chi connectivity index (χ1v) is 6.19. The lowest BCUT2D eigenvalue weighted by Gasteiger charge is -2.10. The van der Waals surface area contributed by atoms with Crippen LogP contribution in [-0.2, 0) is 11.3 Å². The Bertz CT molecular complexity index is 478. The van der Waals surface area contributed by atoms with E-state index in [0.717, 1.165) is 5.56 Å². The SMILES string of the molecule is Cc1cc(CNC(=O)NCCOCC(F)(F)F)ccc1F. The van der Waals surface area contributed by atoms with E-state index in [-0.39, 0.29) is 25.5 Å². The Morgan fingerprint density at radius 1 is 1.29 bits per heavy atom. The molecule has 8 heteroatoms. The highest BCUT2D eigenvalue weighted by atomic mass is 19.4. The molecule has 1 aromatic carbocycles. The molecule has 0 saturated heterocycles. The Balaban J connectivity index is 2.18. The van der Waals surface area contributed by atoms with E-state index in [2.05, 4.69) is 15.4 Å². The minimum Gasteiger partial charge on any atom is -0.370 e. The molecule has 118 valence electrons. The Labute approximate surface area is 119 Å². The van der Waals surface area contributed by atoms with E-state index in [4.69, 9.17) is 0 Å². The number of aryl methyl sites for hydroxylation is 1. The molecule has 0 aliphatic carbocycles. The third-order valence-corrected chi connectivity index (χ3v) is 2.47. The van der Waals surface area contributed by atoms with Crippen molar-refractivity contribution in [2.24, 2.45) is 0 Å². The molecular formula is C13H16F4N2O2. The number of urea groups is 1. The van der Waals surface area contributed by atoms with Gasteiger partial charge < -0.3 is 15.4 Å². The molecule has 0 aromatic heterocycles. The summed E-state index contributed by atoms with van der Waals surface area (Å²) in [4.78, 5) is 11.4. The maximum absolute atomic E-state index is 13.0. The molecular weight excluding hydrogens is 292 g/mol. The Morgan fingerprint density at radius 2 is 2.00 bits per heavy atom. The quantitative estimate of drug-likeness (QED) is 0.627. The molecule has 0 radical (unpaired) electrons. The second-order valence-corrected chi connectivity index (χ2v) is 4.36. The smallest absolute Gasteiger partial charge is 0.370 e. The summed E-state index contributed by atoms with van der Waals surface area (Å²) >= 11 is 0. The topological polar surface area (TPSA) is 50.4 Å². The maximum atomic E-state index is 13.0. The van der Waals surface area contributed by atoms with Gasteiger partial charge in [0.2, 0.25) is 0 Å². The van der Waals surface area contributed by atoms with Crippen molar-refractivity contribution in [2.75, 3.05) is 19.8 Å². The van der Waals surface area contributed by atoms with Crippen LogP contribution < -0.4 is 10.6 Å². The number of carbonyl (C=O) groups excluding carboxylic acids is 1.